The lowest BCUT2D eigenvalue weighted by molar-refractivity contribution is 0.102. The molecular formula is C23H21N5OS2. The third-order valence-corrected chi connectivity index (χ3v) is 7.37. The molecule has 0 saturated carbocycles. The van der Waals surface area contributed by atoms with Crippen LogP contribution in [0.4, 0.5) is 5.69 Å². The Labute approximate surface area is 187 Å². The Bertz CT molecular complexity index is 1430. The van der Waals surface area contributed by atoms with Crippen molar-refractivity contribution in [1.29, 1.82) is 0 Å². The molecular weight excluding hydrogens is 426 g/mol. The van der Waals surface area contributed by atoms with Gasteiger partial charge in [-0.3, -0.25) is 9.20 Å². The topological polar surface area (TPSA) is 72.2 Å². The Morgan fingerprint density at radius 1 is 1.03 bits per heavy atom. The van der Waals surface area contributed by atoms with Crippen LogP contribution in [0.15, 0.2) is 42.5 Å². The van der Waals surface area contributed by atoms with Gasteiger partial charge in [0.2, 0.25) is 4.96 Å². The molecule has 0 radical (unpaired) electrons. The van der Waals surface area contributed by atoms with Crippen molar-refractivity contribution >= 4 is 49.4 Å². The smallest absolute Gasteiger partial charge is 0.267 e. The highest BCUT2D eigenvalue weighted by Crippen LogP contribution is 2.32. The van der Waals surface area contributed by atoms with Gasteiger partial charge in [-0.25, -0.2) is 4.98 Å². The second kappa shape index (κ2) is 7.55. The summed E-state index contributed by atoms with van der Waals surface area (Å²) in [6.07, 6.45) is 0. The second-order valence-electron chi connectivity index (χ2n) is 7.87. The molecule has 0 atom stereocenters. The monoisotopic (exact) mass is 447 g/mol. The molecule has 1 amide bonds. The van der Waals surface area contributed by atoms with E-state index in [1.807, 2.05) is 35.6 Å². The summed E-state index contributed by atoms with van der Waals surface area (Å²) in [7, 11) is 0. The van der Waals surface area contributed by atoms with E-state index in [4.69, 9.17) is 4.98 Å². The molecule has 0 aliphatic carbocycles. The molecule has 0 fully saturated rings. The Balaban J connectivity index is 1.38. The minimum absolute atomic E-state index is 0.133. The minimum Gasteiger partial charge on any atom is -0.321 e. The number of amides is 1. The first-order chi connectivity index (χ1) is 14.9. The lowest BCUT2D eigenvalue weighted by Crippen LogP contribution is -2.12. The average Bonchev–Trinajstić information content (AvgIpc) is 3.43. The molecule has 5 aromatic rings. The van der Waals surface area contributed by atoms with Crippen molar-refractivity contribution in [2.45, 2.75) is 33.6 Å². The third kappa shape index (κ3) is 3.51. The summed E-state index contributed by atoms with van der Waals surface area (Å²) in [5.74, 6) is 0.974. The standard InChI is InChI=1S/C23H21N5OS2/c1-12(2)20-26-27-23-28(20)14(4)19(31-23)21(29)24-16-8-6-15(7-9-16)22-25-17-10-5-13(3)11-18(17)30-22/h5-12H,1-4H3,(H,24,29). The fraction of sp³-hybridized carbons (Fsp3) is 0.217. The maximum Gasteiger partial charge on any atom is 0.267 e. The molecule has 156 valence electrons. The van der Waals surface area contributed by atoms with Gasteiger partial charge in [-0.1, -0.05) is 31.3 Å². The lowest BCUT2D eigenvalue weighted by atomic mass is 10.2. The number of carbonyl (C=O) groups is 1. The van der Waals surface area contributed by atoms with E-state index in [-0.39, 0.29) is 11.8 Å². The van der Waals surface area contributed by atoms with Gasteiger partial charge in [-0.15, -0.1) is 21.5 Å². The zero-order chi connectivity index (χ0) is 21.7. The quantitative estimate of drug-likeness (QED) is 0.363. The van der Waals surface area contributed by atoms with Gasteiger partial charge in [0.1, 0.15) is 15.7 Å². The van der Waals surface area contributed by atoms with Gasteiger partial charge >= 0.3 is 0 Å². The molecule has 3 heterocycles. The number of nitrogens with zero attached hydrogens (tertiary/aromatic N) is 4. The Hall–Kier alpha value is -3.10. The molecule has 8 heteroatoms. The average molecular weight is 448 g/mol. The van der Waals surface area contributed by atoms with E-state index in [1.165, 1.54) is 21.6 Å². The number of rotatable bonds is 4. The number of nitrogens with one attached hydrogen (secondary N) is 1. The third-order valence-electron chi connectivity index (χ3n) is 5.17. The first-order valence-electron chi connectivity index (χ1n) is 10.0. The van der Waals surface area contributed by atoms with Crippen LogP contribution in [-0.2, 0) is 0 Å². The number of aromatic nitrogens is 4. The predicted molar refractivity (Wildman–Crippen MR) is 127 cm³/mol. The van der Waals surface area contributed by atoms with Gasteiger partial charge in [0.15, 0.2) is 0 Å². The van der Waals surface area contributed by atoms with Crippen LogP contribution in [0.3, 0.4) is 0 Å². The highest BCUT2D eigenvalue weighted by molar-refractivity contribution is 7.21. The summed E-state index contributed by atoms with van der Waals surface area (Å²) in [5, 5.41) is 12.4. The van der Waals surface area contributed by atoms with Gasteiger partial charge in [0.25, 0.3) is 5.91 Å². The van der Waals surface area contributed by atoms with Gasteiger partial charge in [-0.2, -0.15) is 0 Å². The lowest BCUT2D eigenvalue weighted by Gasteiger charge is -2.06. The van der Waals surface area contributed by atoms with Gasteiger partial charge in [0, 0.05) is 22.9 Å². The number of anilines is 1. The van der Waals surface area contributed by atoms with Crippen LogP contribution in [0.25, 0.3) is 25.7 Å². The molecule has 0 unspecified atom stereocenters. The van der Waals surface area contributed by atoms with Crippen LogP contribution in [0, 0.1) is 13.8 Å². The Kier molecular flexibility index (Phi) is 4.83. The number of carbonyl (C=O) groups excluding carboxylic acids is 1. The number of fused-ring (bicyclic) bond motifs is 2. The fourth-order valence-electron chi connectivity index (χ4n) is 3.55. The van der Waals surface area contributed by atoms with E-state index < -0.39 is 0 Å². The minimum atomic E-state index is -0.133. The summed E-state index contributed by atoms with van der Waals surface area (Å²) in [4.78, 5) is 19.0. The Morgan fingerprint density at radius 3 is 2.55 bits per heavy atom. The molecule has 0 saturated heterocycles. The highest BCUT2D eigenvalue weighted by Gasteiger charge is 2.21. The zero-order valence-corrected chi connectivity index (χ0v) is 19.3. The first kappa shape index (κ1) is 19.8. The fourth-order valence-corrected chi connectivity index (χ4v) is 5.59. The molecule has 3 aromatic heterocycles. The molecule has 5 rings (SSSR count). The molecule has 0 aliphatic rings. The van der Waals surface area contributed by atoms with Gasteiger partial charge < -0.3 is 5.32 Å². The van der Waals surface area contributed by atoms with Gasteiger partial charge in [-0.05, 0) is 55.8 Å². The second-order valence-corrected chi connectivity index (χ2v) is 9.88. The predicted octanol–water partition coefficient (Wildman–Crippen LogP) is 6.06. The van der Waals surface area contributed by atoms with Crippen LogP contribution in [0.1, 0.15) is 46.5 Å². The molecule has 0 bridgehead atoms. The molecule has 1 N–H and O–H groups in total. The summed E-state index contributed by atoms with van der Waals surface area (Å²) in [6, 6.07) is 14.1. The molecule has 6 nitrogen and oxygen atoms in total. The molecule has 2 aromatic carbocycles. The Morgan fingerprint density at radius 2 is 1.81 bits per heavy atom. The van der Waals surface area contributed by atoms with E-state index in [0.29, 0.717) is 4.88 Å². The highest BCUT2D eigenvalue weighted by atomic mass is 32.1. The zero-order valence-electron chi connectivity index (χ0n) is 17.6. The largest absolute Gasteiger partial charge is 0.321 e. The van der Waals surface area contributed by atoms with Crippen molar-refractivity contribution < 1.29 is 4.79 Å². The summed E-state index contributed by atoms with van der Waals surface area (Å²) < 4.78 is 3.16. The van der Waals surface area contributed by atoms with Crippen molar-refractivity contribution in [3.8, 4) is 10.6 Å². The van der Waals surface area contributed by atoms with E-state index in [9.17, 15) is 4.79 Å². The SMILES string of the molecule is Cc1ccc2nc(-c3ccc(NC(=O)c4sc5nnc(C(C)C)n5c4C)cc3)sc2c1. The summed E-state index contributed by atoms with van der Waals surface area (Å²) >= 11 is 3.04. The maximum absolute atomic E-state index is 12.9. The number of thiazole rings is 2. The van der Waals surface area contributed by atoms with E-state index in [2.05, 4.69) is 54.5 Å². The van der Waals surface area contributed by atoms with Crippen molar-refractivity contribution in [3.05, 3.63) is 64.4 Å². The van der Waals surface area contributed by atoms with Crippen LogP contribution in [0.2, 0.25) is 0 Å². The number of hydrogen-bond acceptors (Lipinski definition) is 6. The first-order valence-corrected chi connectivity index (χ1v) is 11.7. The van der Waals surface area contributed by atoms with Crippen molar-refractivity contribution in [2.75, 3.05) is 5.32 Å². The van der Waals surface area contributed by atoms with E-state index in [0.717, 1.165) is 38.3 Å². The number of hydrogen-bond donors (Lipinski definition) is 1. The molecule has 0 aliphatic heterocycles. The van der Waals surface area contributed by atoms with E-state index >= 15 is 0 Å². The van der Waals surface area contributed by atoms with Crippen LogP contribution in [-0.4, -0.2) is 25.5 Å². The van der Waals surface area contributed by atoms with E-state index in [1.54, 1.807) is 11.3 Å². The summed E-state index contributed by atoms with van der Waals surface area (Å²) in [5.41, 5.74) is 4.89. The van der Waals surface area contributed by atoms with Crippen LogP contribution in [0.5, 0.6) is 0 Å². The maximum atomic E-state index is 12.9. The number of benzene rings is 2. The van der Waals surface area contributed by atoms with Crippen LogP contribution >= 0.6 is 22.7 Å². The van der Waals surface area contributed by atoms with Crippen molar-refractivity contribution in [1.82, 2.24) is 19.6 Å². The normalized spacial score (nSPS) is 11.6. The van der Waals surface area contributed by atoms with Crippen molar-refractivity contribution in [2.24, 2.45) is 0 Å². The summed E-state index contributed by atoms with van der Waals surface area (Å²) in [6.45, 7) is 8.16. The van der Waals surface area contributed by atoms with Gasteiger partial charge in [0.05, 0.1) is 10.2 Å². The van der Waals surface area contributed by atoms with Crippen molar-refractivity contribution in [3.63, 3.8) is 0 Å². The molecule has 0 spiro atoms. The van der Waals surface area contributed by atoms with Crippen LogP contribution < -0.4 is 5.32 Å². The number of aryl methyl sites for hydroxylation is 2. The molecule has 31 heavy (non-hydrogen) atoms.